The lowest BCUT2D eigenvalue weighted by atomic mass is 10.1. The maximum absolute atomic E-state index is 12.6. The van der Waals surface area contributed by atoms with Crippen LogP contribution in [0.1, 0.15) is 27.2 Å². The zero-order valence-electron chi connectivity index (χ0n) is 11.6. The molecule has 0 spiro atoms. The Morgan fingerprint density at radius 3 is 2.29 bits per heavy atom. The molecule has 1 atom stereocenters. The van der Waals surface area contributed by atoms with Crippen LogP contribution in [0.5, 0.6) is 0 Å². The number of rotatable bonds is 1. The Bertz CT molecular complexity index is 547. The molecule has 21 heavy (non-hydrogen) atoms. The van der Waals surface area contributed by atoms with E-state index in [1.807, 2.05) is 0 Å². The standard InChI is InChI=1S/C11H16F3NO5S/c1-10(2,3)20-9(16)15-5-4-7(11(12,13)14)6-8(15)21(17,18)19/h4,8H,5-6H2,1-3H3,(H,17,18,19). The maximum atomic E-state index is 12.6. The predicted molar refractivity (Wildman–Crippen MR) is 67.0 cm³/mol. The third-order valence-electron chi connectivity index (χ3n) is 2.61. The smallest absolute Gasteiger partial charge is 0.412 e. The number of amides is 1. The van der Waals surface area contributed by atoms with E-state index in [2.05, 4.69) is 0 Å². The second-order valence-corrected chi connectivity index (χ2v) is 7.11. The molecule has 1 amide bonds. The minimum atomic E-state index is -4.88. The van der Waals surface area contributed by atoms with E-state index in [1.54, 1.807) is 0 Å². The Morgan fingerprint density at radius 1 is 1.38 bits per heavy atom. The molecular weight excluding hydrogens is 315 g/mol. The van der Waals surface area contributed by atoms with Gasteiger partial charge in [-0.25, -0.2) is 4.79 Å². The average Bonchev–Trinajstić information content (AvgIpc) is 2.23. The number of halogens is 3. The van der Waals surface area contributed by atoms with E-state index in [4.69, 9.17) is 9.29 Å². The lowest BCUT2D eigenvalue weighted by Gasteiger charge is -2.34. The van der Waals surface area contributed by atoms with Crippen molar-refractivity contribution in [3.05, 3.63) is 11.6 Å². The van der Waals surface area contributed by atoms with Crippen molar-refractivity contribution in [1.29, 1.82) is 0 Å². The van der Waals surface area contributed by atoms with Gasteiger partial charge in [-0.1, -0.05) is 6.08 Å². The van der Waals surface area contributed by atoms with Crippen LogP contribution < -0.4 is 0 Å². The normalized spacial score (nSPS) is 21.0. The SMILES string of the molecule is CC(C)(C)OC(=O)N1CC=C(C(F)(F)F)CC1S(=O)(=O)O. The Balaban J connectivity index is 3.09. The van der Waals surface area contributed by atoms with E-state index >= 15 is 0 Å². The molecule has 0 saturated carbocycles. The van der Waals surface area contributed by atoms with Gasteiger partial charge in [-0.2, -0.15) is 21.6 Å². The average molecular weight is 331 g/mol. The van der Waals surface area contributed by atoms with Crippen molar-refractivity contribution in [3.63, 3.8) is 0 Å². The van der Waals surface area contributed by atoms with Gasteiger partial charge in [0, 0.05) is 18.5 Å². The molecule has 1 heterocycles. The first-order valence-electron chi connectivity index (χ1n) is 5.94. The van der Waals surface area contributed by atoms with Gasteiger partial charge in [0.15, 0.2) is 5.37 Å². The highest BCUT2D eigenvalue weighted by atomic mass is 32.2. The van der Waals surface area contributed by atoms with Crippen LogP contribution in [0.2, 0.25) is 0 Å². The van der Waals surface area contributed by atoms with E-state index in [1.165, 1.54) is 20.8 Å². The Labute approximate surface area is 120 Å². The summed E-state index contributed by atoms with van der Waals surface area (Å²) < 4.78 is 74.4. The van der Waals surface area contributed by atoms with Gasteiger partial charge in [-0.05, 0) is 20.8 Å². The maximum Gasteiger partial charge on any atom is 0.412 e. The van der Waals surface area contributed by atoms with Crippen molar-refractivity contribution in [3.8, 4) is 0 Å². The summed E-state index contributed by atoms with van der Waals surface area (Å²) in [7, 11) is -4.88. The van der Waals surface area contributed by atoms with Crippen LogP contribution in [-0.4, -0.2) is 47.7 Å². The Morgan fingerprint density at radius 2 is 1.90 bits per heavy atom. The molecule has 1 aliphatic heterocycles. The van der Waals surface area contributed by atoms with E-state index in [0.717, 1.165) is 0 Å². The van der Waals surface area contributed by atoms with Crippen LogP contribution in [-0.2, 0) is 14.9 Å². The lowest BCUT2D eigenvalue weighted by Crippen LogP contribution is -2.50. The van der Waals surface area contributed by atoms with Gasteiger partial charge in [-0.3, -0.25) is 9.45 Å². The first-order valence-corrected chi connectivity index (χ1v) is 7.44. The van der Waals surface area contributed by atoms with E-state index in [9.17, 15) is 26.4 Å². The molecule has 0 aliphatic carbocycles. The van der Waals surface area contributed by atoms with Crippen molar-refractivity contribution >= 4 is 16.2 Å². The molecule has 0 radical (unpaired) electrons. The van der Waals surface area contributed by atoms with Crippen LogP contribution >= 0.6 is 0 Å². The molecule has 0 bridgehead atoms. The molecular formula is C11H16F3NO5S. The van der Waals surface area contributed by atoms with E-state index < -0.39 is 51.9 Å². The first kappa shape index (κ1) is 17.8. The summed E-state index contributed by atoms with van der Waals surface area (Å²) in [5.74, 6) is 0. The quantitative estimate of drug-likeness (QED) is 0.589. The van der Waals surface area contributed by atoms with Crippen molar-refractivity contribution in [2.45, 2.75) is 44.3 Å². The van der Waals surface area contributed by atoms with Crippen LogP contribution in [0, 0.1) is 0 Å². The van der Waals surface area contributed by atoms with Crippen LogP contribution in [0.25, 0.3) is 0 Å². The summed E-state index contributed by atoms with van der Waals surface area (Å²) in [6, 6.07) is 0. The molecule has 6 nitrogen and oxygen atoms in total. The fraction of sp³-hybridized carbons (Fsp3) is 0.727. The number of hydrogen-bond donors (Lipinski definition) is 1. The summed E-state index contributed by atoms with van der Waals surface area (Å²) in [5.41, 5.74) is -2.06. The van der Waals surface area contributed by atoms with Crippen LogP contribution in [0.3, 0.4) is 0 Å². The molecule has 1 rings (SSSR count). The van der Waals surface area contributed by atoms with E-state index in [-0.39, 0.29) is 0 Å². The number of carbonyl (C=O) groups excluding carboxylic acids is 1. The van der Waals surface area contributed by atoms with Gasteiger partial charge < -0.3 is 4.74 Å². The highest BCUT2D eigenvalue weighted by Crippen LogP contribution is 2.34. The van der Waals surface area contributed by atoms with Gasteiger partial charge >= 0.3 is 12.3 Å². The first-order chi connectivity index (χ1) is 9.22. The Kier molecular flexibility index (Phi) is 4.64. The molecule has 10 heteroatoms. The molecule has 122 valence electrons. The van der Waals surface area contributed by atoms with Crippen LogP contribution in [0.15, 0.2) is 11.6 Å². The van der Waals surface area contributed by atoms with Crippen LogP contribution in [0.4, 0.5) is 18.0 Å². The molecule has 1 N–H and O–H groups in total. The number of hydrogen-bond acceptors (Lipinski definition) is 4. The summed E-state index contributed by atoms with van der Waals surface area (Å²) in [6.07, 6.45) is -6.17. The summed E-state index contributed by atoms with van der Waals surface area (Å²) in [4.78, 5) is 12.4. The number of ether oxygens (including phenoxy) is 1. The number of alkyl halides is 3. The Hall–Kier alpha value is -1.29. The monoisotopic (exact) mass is 331 g/mol. The largest absolute Gasteiger partial charge is 0.444 e. The fourth-order valence-corrected chi connectivity index (χ4v) is 2.60. The van der Waals surface area contributed by atoms with Gasteiger partial charge in [-0.15, -0.1) is 0 Å². The van der Waals surface area contributed by atoms with Gasteiger partial charge in [0.25, 0.3) is 10.1 Å². The molecule has 0 aromatic carbocycles. The van der Waals surface area contributed by atoms with Gasteiger partial charge in [0.2, 0.25) is 0 Å². The van der Waals surface area contributed by atoms with Gasteiger partial charge in [0.05, 0.1) is 0 Å². The minimum Gasteiger partial charge on any atom is -0.444 e. The zero-order chi connectivity index (χ0) is 16.6. The third-order valence-corrected chi connectivity index (χ3v) is 3.72. The highest BCUT2D eigenvalue weighted by molar-refractivity contribution is 7.86. The zero-order valence-corrected chi connectivity index (χ0v) is 12.5. The molecule has 0 aromatic rings. The summed E-state index contributed by atoms with van der Waals surface area (Å²) >= 11 is 0. The molecule has 1 unspecified atom stereocenters. The predicted octanol–water partition coefficient (Wildman–Crippen LogP) is 2.33. The molecule has 0 aromatic heterocycles. The van der Waals surface area contributed by atoms with Crippen molar-refractivity contribution in [2.24, 2.45) is 0 Å². The second kappa shape index (κ2) is 5.48. The minimum absolute atomic E-state index is 0.551. The summed E-state index contributed by atoms with van der Waals surface area (Å²) in [5, 5.41) is -2.02. The molecule has 1 aliphatic rings. The molecule has 0 fully saturated rings. The van der Waals surface area contributed by atoms with Crippen molar-refractivity contribution in [1.82, 2.24) is 4.90 Å². The van der Waals surface area contributed by atoms with E-state index in [0.29, 0.717) is 11.0 Å². The van der Waals surface area contributed by atoms with Crippen molar-refractivity contribution < 1.29 is 35.7 Å². The lowest BCUT2D eigenvalue weighted by molar-refractivity contribution is -0.0968. The molecule has 0 saturated heterocycles. The number of carbonyl (C=O) groups is 1. The number of nitrogens with zero attached hydrogens (tertiary/aromatic N) is 1. The second-order valence-electron chi connectivity index (χ2n) is 5.53. The topological polar surface area (TPSA) is 83.9 Å². The third kappa shape index (κ3) is 4.88. The fourth-order valence-electron chi connectivity index (χ4n) is 1.72. The van der Waals surface area contributed by atoms with Gasteiger partial charge in [0.1, 0.15) is 5.60 Å². The van der Waals surface area contributed by atoms with Crippen molar-refractivity contribution in [2.75, 3.05) is 6.54 Å². The summed E-state index contributed by atoms with van der Waals surface area (Å²) in [6.45, 7) is 3.95. The highest BCUT2D eigenvalue weighted by Gasteiger charge is 2.44.